The van der Waals surface area contributed by atoms with Gasteiger partial charge in [-0.15, -0.1) is 11.3 Å². The number of nitrogens with one attached hydrogen (secondary N) is 1. The van der Waals surface area contributed by atoms with E-state index in [0.29, 0.717) is 10.6 Å². The Morgan fingerprint density at radius 1 is 1.24 bits per heavy atom. The average Bonchev–Trinajstić information content (AvgIpc) is 3.04. The van der Waals surface area contributed by atoms with Gasteiger partial charge in [-0.25, -0.2) is 5.10 Å². The van der Waals surface area contributed by atoms with Crippen LogP contribution in [-0.4, -0.2) is 21.1 Å². The van der Waals surface area contributed by atoms with Gasteiger partial charge in [0, 0.05) is 14.9 Å². The molecular weight excluding hydrogens is 436 g/mol. The van der Waals surface area contributed by atoms with Crippen LogP contribution in [0.15, 0.2) is 49.8 Å². The zero-order chi connectivity index (χ0) is 14.8. The van der Waals surface area contributed by atoms with E-state index in [4.69, 9.17) is 12.2 Å². The summed E-state index contributed by atoms with van der Waals surface area (Å²) in [5.41, 5.74) is 0.925. The van der Waals surface area contributed by atoms with Gasteiger partial charge in [0.1, 0.15) is 0 Å². The first-order chi connectivity index (χ1) is 10.1. The lowest BCUT2D eigenvalue weighted by Crippen LogP contribution is -1.94. The highest BCUT2D eigenvalue weighted by Gasteiger charge is 2.10. The van der Waals surface area contributed by atoms with Gasteiger partial charge in [0.25, 0.3) is 0 Å². The predicted octanol–water partition coefficient (Wildman–Crippen LogP) is 5.08. The van der Waals surface area contributed by atoms with Gasteiger partial charge in [0.15, 0.2) is 5.82 Å². The topological polar surface area (TPSA) is 46.0 Å². The summed E-state index contributed by atoms with van der Waals surface area (Å²) < 4.78 is 4.07. The molecule has 0 atom stereocenters. The first-order valence-electron chi connectivity index (χ1n) is 5.87. The number of rotatable bonds is 3. The van der Waals surface area contributed by atoms with Gasteiger partial charge in [-0.3, -0.25) is 0 Å². The summed E-state index contributed by atoms with van der Waals surface area (Å²) in [6.45, 7) is 0. The number of hydrogen-bond donors (Lipinski definition) is 1. The number of hydrogen-bond acceptors (Lipinski definition) is 4. The van der Waals surface area contributed by atoms with Crippen LogP contribution in [0.25, 0.3) is 11.4 Å². The molecule has 2 heterocycles. The summed E-state index contributed by atoms with van der Waals surface area (Å²) in [5, 5.41) is 11.5. The van der Waals surface area contributed by atoms with Crippen LogP contribution < -0.4 is 0 Å². The Hall–Kier alpha value is -1.09. The average molecular weight is 444 g/mol. The van der Waals surface area contributed by atoms with E-state index in [1.165, 1.54) is 0 Å². The van der Waals surface area contributed by atoms with E-state index in [2.05, 4.69) is 47.2 Å². The zero-order valence-corrected chi connectivity index (χ0v) is 15.3. The third kappa shape index (κ3) is 3.23. The summed E-state index contributed by atoms with van der Waals surface area (Å²) in [4.78, 5) is 1.03. The van der Waals surface area contributed by atoms with Gasteiger partial charge in [-0.05, 0) is 52.4 Å². The highest BCUT2D eigenvalue weighted by Crippen LogP contribution is 2.26. The molecule has 0 aliphatic rings. The molecular formula is C13H8Br2N4S2. The van der Waals surface area contributed by atoms with E-state index >= 15 is 0 Å². The predicted molar refractivity (Wildman–Crippen MR) is 95.6 cm³/mol. The molecule has 2 aromatic heterocycles. The third-order valence-electron chi connectivity index (χ3n) is 2.66. The molecule has 0 fully saturated rings. The fourth-order valence-corrected chi connectivity index (χ4v) is 3.66. The van der Waals surface area contributed by atoms with Crippen molar-refractivity contribution in [1.29, 1.82) is 0 Å². The van der Waals surface area contributed by atoms with Crippen LogP contribution in [0.5, 0.6) is 0 Å². The molecule has 0 unspecified atom stereocenters. The summed E-state index contributed by atoms with van der Waals surface area (Å²) >= 11 is 13.8. The molecule has 1 N–H and O–H groups in total. The second-order valence-electron chi connectivity index (χ2n) is 4.03. The van der Waals surface area contributed by atoms with Crippen molar-refractivity contribution in [3.63, 3.8) is 0 Å². The Labute approximate surface area is 146 Å². The zero-order valence-electron chi connectivity index (χ0n) is 10.5. The second kappa shape index (κ2) is 6.35. The maximum Gasteiger partial charge on any atom is 0.216 e. The minimum absolute atomic E-state index is 0.452. The van der Waals surface area contributed by atoms with E-state index in [1.54, 1.807) is 22.2 Å². The normalized spacial score (nSPS) is 11.3. The van der Waals surface area contributed by atoms with Crippen molar-refractivity contribution >= 4 is 61.6 Å². The molecule has 106 valence electrons. The molecule has 0 bridgehead atoms. The Balaban J connectivity index is 2.04. The van der Waals surface area contributed by atoms with Crippen molar-refractivity contribution < 1.29 is 0 Å². The smallest absolute Gasteiger partial charge is 0.216 e. The molecule has 3 aromatic rings. The number of aromatic amines is 1. The van der Waals surface area contributed by atoms with Crippen LogP contribution >= 0.6 is 55.4 Å². The van der Waals surface area contributed by atoms with Crippen LogP contribution in [0, 0.1) is 4.77 Å². The third-order valence-corrected chi connectivity index (χ3v) is 5.17. The Morgan fingerprint density at radius 2 is 2.05 bits per heavy atom. The molecule has 3 rings (SSSR count). The molecule has 0 saturated carbocycles. The van der Waals surface area contributed by atoms with Crippen molar-refractivity contribution in [3.8, 4) is 11.4 Å². The van der Waals surface area contributed by atoms with Gasteiger partial charge >= 0.3 is 0 Å². The maximum atomic E-state index is 5.25. The first-order valence-corrected chi connectivity index (χ1v) is 8.68. The molecule has 0 radical (unpaired) electrons. The van der Waals surface area contributed by atoms with E-state index in [0.717, 1.165) is 18.7 Å². The molecule has 0 saturated heterocycles. The summed E-state index contributed by atoms with van der Waals surface area (Å²) in [5.74, 6) is 0.666. The summed E-state index contributed by atoms with van der Waals surface area (Å²) in [6.07, 6.45) is 1.76. The van der Waals surface area contributed by atoms with Gasteiger partial charge in [-0.2, -0.15) is 14.9 Å². The molecule has 0 spiro atoms. The Morgan fingerprint density at radius 3 is 2.76 bits per heavy atom. The van der Waals surface area contributed by atoms with Crippen LogP contribution in [0.1, 0.15) is 4.88 Å². The summed E-state index contributed by atoms with van der Waals surface area (Å²) in [6, 6.07) is 11.8. The second-order valence-corrected chi connectivity index (χ2v) is 7.77. The lowest BCUT2D eigenvalue weighted by atomic mass is 10.2. The number of nitrogens with zero attached hydrogens (tertiary/aromatic N) is 3. The van der Waals surface area contributed by atoms with Crippen molar-refractivity contribution in [1.82, 2.24) is 14.9 Å². The number of aromatic nitrogens is 3. The molecule has 0 aliphatic heterocycles. The fourth-order valence-electron chi connectivity index (χ4n) is 1.73. The minimum Gasteiger partial charge on any atom is -0.250 e. The van der Waals surface area contributed by atoms with Crippen molar-refractivity contribution in [2.24, 2.45) is 5.10 Å². The van der Waals surface area contributed by atoms with Crippen molar-refractivity contribution in [3.05, 3.63) is 54.3 Å². The lowest BCUT2D eigenvalue weighted by Gasteiger charge is -2.02. The first kappa shape index (κ1) is 14.8. The number of H-pyrrole nitrogens is 1. The standard InChI is InChI=1S/C13H8Br2N4S2/c14-10-4-2-1-3-9(10)12-17-18-13(20)19(12)16-7-8-5-6-11(15)21-8/h1-7H,(H,18,20). The van der Waals surface area contributed by atoms with Crippen molar-refractivity contribution in [2.45, 2.75) is 0 Å². The highest BCUT2D eigenvalue weighted by molar-refractivity contribution is 9.11. The van der Waals surface area contributed by atoms with Crippen LogP contribution in [-0.2, 0) is 0 Å². The van der Waals surface area contributed by atoms with Gasteiger partial charge in [-0.1, -0.05) is 28.1 Å². The van der Waals surface area contributed by atoms with E-state index in [1.807, 2.05) is 36.4 Å². The van der Waals surface area contributed by atoms with Crippen molar-refractivity contribution in [2.75, 3.05) is 0 Å². The van der Waals surface area contributed by atoms with Crippen LogP contribution in [0.2, 0.25) is 0 Å². The van der Waals surface area contributed by atoms with Crippen LogP contribution in [0.4, 0.5) is 0 Å². The number of halogens is 2. The lowest BCUT2D eigenvalue weighted by molar-refractivity contribution is 0.871. The van der Waals surface area contributed by atoms with E-state index in [9.17, 15) is 0 Å². The van der Waals surface area contributed by atoms with Crippen LogP contribution in [0.3, 0.4) is 0 Å². The number of thiophene rings is 1. The monoisotopic (exact) mass is 442 g/mol. The van der Waals surface area contributed by atoms with E-state index < -0.39 is 0 Å². The highest BCUT2D eigenvalue weighted by atomic mass is 79.9. The quantitative estimate of drug-likeness (QED) is 0.453. The van der Waals surface area contributed by atoms with Gasteiger partial charge in [0.05, 0.1) is 10.0 Å². The Kier molecular flexibility index (Phi) is 4.48. The molecule has 4 nitrogen and oxygen atoms in total. The molecule has 8 heteroatoms. The Bertz CT molecular complexity index is 863. The largest absolute Gasteiger partial charge is 0.250 e. The minimum atomic E-state index is 0.452. The molecule has 0 aliphatic carbocycles. The fraction of sp³-hybridized carbons (Fsp3) is 0. The summed E-state index contributed by atoms with van der Waals surface area (Å²) in [7, 11) is 0. The SMILES string of the molecule is S=c1[nH]nc(-c2ccccc2Br)n1N=Cc1ccc(Br)s1. The van der Waals surface area contributed by atoms with Gasteiger partial charge in [0.2, 0.25) is 4.77 Å². The molecule has 21 heavy (non-hydrogen) atoms. The maximum absolute atomic E-state index is 5.25. The molecule has 1 aromatic carbocycles. The molecule has 0 amide bonds. The van der Waals surface area contributed by atoms with E-state index in [-0.39, 0.29) is 0 Å². The number of benzene rings is 1. The van der Waals surface area contributed by atoms with Gasteiger partial charge < -0.3 is 0 Å².